The van der Waals surface area contributed by atoms with Gasteiger partial charge in [-0.1, -0.05) is 39.0 Å². The third-order valence-corrected chi connectivity index (χ3v) is 2.05. The maximum absolute atomic E-state index is 9.88. The molecule has 2 nitrogen and oxygen atoms in total. The lowest BCUT2D eigenvalue weighted by Crippen LogP contribution is -2.17. The Kier molecular flexibility index (Phi) is 2.62. The van der Waals surface area contributed by atoms with Crippen molar-refractivity contribution >= 4 is 0 Å². The molecule has 0 aromatic heterocycles. The molecule has 2 N–H and O–H groups in total. The molecule has 0 unspecified atom stereocenters. The highest BCUT2D eigenvalue weighted by Crippen LogP contribution is 2.36. The standard InChI is InChI=1S/C11H16O2/c1-11(2,3)10(13)8-6-4-5-7-9(8)12/h4-7,10,12-13H,1-3H3/t10-/m0/s1. The van der Waals surface area contributed by atoms with Crippen LogP contribution in [0.3, 0.4) is 0 Å². The van der Waals surface area contributed by atoms with E-state index in [1.54, 1.807) is 18.2 Å². The third kappa shape index (κ3) is 2.22. The second-order valence-corrected chi connectivity index (χ2v) is 4.33. The van der Waals surface area contributed by atoms with E-state index in [2.05, 4.69) is 0 Å². The zero-order chi connectivity index (χ0) is 10.1. The maximum Gasteiger partial charge on any atom is 0.121 e. The lowest BCUT2D eigenvalue weighted by atomic mass is 9.84. The van der Waals surface area contributed by atoms with Crippen molar-refractivity contribution in [3.05, 3.63) is 29.8 Å². The van der Waals surface area contributed by atoms with Gasteiger partial charge in [-0.15, -0.1) is 0 Å². The molecule has 0 saturated heterocycles. The van der Waals surface area contributed by atoms with E-state index in [-0.39, 0.29) is 11.2 Å². The summed E-state index contributed by atoms with van der Waals surface area (Å²) < 4.78 is 0. The van der Waals surface area contributed by atoms with Gasteiger partial charge in [0, 0.05) is 5.56 Å². The summed E-state index contributed by atoms with van der Waals surface area (Å²) in [6.07, 6.45) is -0.631. The molecule has 1 aromatic carbocycles. The van der Waals surface area contributed by atoms with Gasteiger partial charge in [0.05, 0.1) is 6.10 Å². The number of hydrogen-bond donors (Lipinski definition) is 2. The predicted octanol–water partition coefficient (Wildman–Crippen LogP) is 2.47. The third-order valence-electron chi connectivity index (χ3n) is 2.05. The molecule has 0 aliphatic heterocycles. The highest BCUT2D eigenvalue weighted by atomic mass is 16.3. The number of para-hydroxylation sites is 1. The molecule has 0 spiro atoms. The zero-order valence-corrected chi connectivity index (χ0v) is 8.28. The summed E-state index contributed by atoms with van der Waals surface area (Å²) >= 11 is 0. The van der Waals surface area contributed by atoms with Gasteiger partial charge >= 0.3 is 0 Å². The fraction of sp³-hybridized carbons (Fsp3) is 0.455. The van der Waals surface area contributed by atoms with Crippen LogP contribution in [0.25, 0.3) is 0 Å². The van der Waals surface area contributed by atoms with E-state index in [1.165, 1.54) is 0 Å². The summed E-state index contributed by atoms with van der Waals surface area (Å²) in [7, 11) is 0. The van der Waals surface area contributed by atoms with E-state index >= 15 is 0 Å². The Morgan fingerprint density at radius 3 is 2.15 bits per heavy atom. The summed E-state index contributed by atoms with van der Waals surface area (Å²) in [5.74, 6) is 0.157. The van der Waals surface area contributed by atoms with Crippen LogP contribution in [0.1, 0.15) is 32.4 Å². The normalized spacial score (nSPS) is 14.2. The van der Waals surface area contributed by atoms with Crippen LogP contribution in [0.5, 0.6) is 5.75 Å². The lowest BCUT2D eigenvalue weighted by Gasteiger charge is -2.26. The number of phenolic OH excluding ortho intramolecular Hbond substituents is 1. The first kappa shape index (κ1) is 10.1. The Balaban J connectivity index is 3.02. The van der Waals surface area contributed by atoms with Crippen molar-refractivity contribution in [2.75, 3.05) is 0 Å². The molecular formula is C11H16O2. The molecule has 0 saturated carbocycles. The monoisotopic (exact) mass is 180 g/mol. The van der Waals surface area contributed by atoms with Gasteiger partial charge in [-0.2, -0.15) is 0 Å². The summed E-state index contributed by atoms with van der Waals surface area (Å²) in [6, 6.07) is 6.88. The molecule has 0 bridgehead atoms. The molecule has 0 aliphatic carbocycles. The van der Waals surface area contributed by atoms with E-state index in [1.807, 2.05) is 26.8 Å². The van der Waals surface area contributed by atoms with Crippen LogP contribution in [-0.2, 0) is 0 Å². The molecule has 1 rings (SSSR count). The molecule has 0 radical (unpaired) electrons. The van der Waals surface area contributed by atoms with Crippen LogP contribution in [0.15, 0.2) is 24.3 Å². The Bertz CT molecular complexity index is 286. The average Bonchev–Trinajstić information content (AvgIpc) is 2.02. The van der Waals surface area contributed by atoms with E-state index in [4.69, 9.17) is 0 Å². The highest BCUT2D eigenvalue weighted by Gasteiger charge is 2.25. The molecular weight excluding hydrogens is 164 g/mol. The minimum atomic E-state index is -0.631. The molecule has 72 valence electrons. The first-order valence-electron chi connectivity index (χ1n) is 4.39. The Morgan fingerprint density at radius 2 is 1.69 bits per heavy atom. The fourth-order valence-corrected chi connectivity index (χ4v) is 1.19. The van der Waals surface area contributed by atoms with Crippen LogP contribution in [0.4, 0.5) is 0 Å². The van der Waals surface area contributed by atoms with Gasteiger partial charge in [0.2, 0.25) is 0 Å². The van der Waals surface area contributed by atoms with Crippen molar-refractivity contribution in [2.45, 2.75) is 26.9 Å². The Hall–Kier alpha value is -1.02. The smallest absolute Gasteiger partial charge is 0.121 e. The summed E-state index contributed by atoms with van der Waals surface area (Å²) in [5.41, 5.74) is 0.341. The average molecular weight is 180 g/mol. The second kappa shape index (κ2) is 3.38. The predicted molar refractivity (Wildman–Crippen MR) is 52.5 cm³/mol. The minimum Gasteiger partial charge on any atom is -0.508 e. The first-order valence-corrected chi connectivity index (χ1v) is 4.39. The number of aliphatic hydroxyl groups is 1. The van der Waals surface area contributed by atoms with Crippen molar-refractivity contribution < 1.29 is 10.2 Å². The van der Waals surface area contributed by atoms with Gasteiger partial charge in [-0.25, -0.2) is 0 Å². The minimum absolute atomic E-state index is 0.157. The van der Waals surface area contributed by atoms with E-state index in [9.17, 15) is 10.2 Å². The molecule has 0 heterocycles. The van der Waals surface area contributed by atoms with Crippen molar-refractivity contribution in [1.29, 1.82) is 0 Å². The summed E-state index contributed by atoms with van der Waals surface area (Å²) in [5, 5.41) is 19.4. The largest absolute Gasteiger partial charge is 0.508 e. The van der Waals surface area contributed by atoms with Crippen LogP contribution in [-0.4, -0.2) is 10.2 Å². The number of aromatic hydroxyl groups is 1. The fourth-order valence-electron chi connectivity index (χ4n) is 1.19. The van der Waals surface area contributed by atoms with Crippen molar-refractivity contribution in [1.82, 2.24) is 0 Å². The molecule has 0 fully saturated rings. The van der Waals surface area contributed by atoms with Crippen LogP contribution < -0.4 is 0 Å². The molecule has 1 aromatic rings. The lowest BCUT2D eigenvalue weighted by molar-refractivity contribution is 0.0605. The van der Waals surface area contributed by atoms with E-state index in [0.29, 0.717) is 5.56 Å². The topological polar surface area (TPSA) is 40.5 Å². The quantitative estimate of drug-likeness (QED) is 0.697. The number of hydrogen-bond acceptors (Lipinski definition) is 2. The zero-order valence-electron chi connectivity index (χ0n) is 8.28. The number of aliphatic hydroxyl groups excluding tert-OH is 1. The number of phenols is 1. The van der Waals surface area contributed by atoms with Crippen LogP contribution in [0.2, 0.25) is 0 Å². The molecule has 0 amide bonds. The molecule has 2 heteroatoms. The molecule has 1 atom stereocenters. The van der Waals surface area contributed by atoms with Gasteiger partial charge in [-0.05, 0) is 11.5 Å². The van der Waals surface area contributed by atoms with Crippen LogP contribution >= 0.6 is 0 Å². The number of benzene rings is 1. The van der Waals surface area contributed by atoms with Gasteiger partial charge in [0.25, 0.3) is 0 Å². The SMILES string of the molecule is CC(C)(C)[C@@H](O)c1ccccc1O. The Morgan fingerprint density at radius 1 is 1.15 bits per heavy atom. The Labute approximate surface area is 78.8 Å². The van der Waals surface area contributed by atoms with Gasteiger partial charge < -0.3 is 10.2 Å². The van der Waals surface area contributed by atoms with Crippen molar-refractivity contribution in [2.24, 2.45) is 5.41 Å². The van der Waals surface area contributed by atoms with Crippen molar-refractivity contribution in [3.8, 4) is 5.75 Å². The molecule has 0 aliphatic rings. The number of rotatable bonds is 1. The van der Waals surface area contributed by atoms with Gasteiger partial charge in [0.1, 0.15) is 5.75 Å². The van der Waals surface area contributed by atoms with Gasteiger partial charge in [-0.3, -0.25) is 0 Å². The highest BCUT2D eigenvalue weighted by molar-refractivity contribution is 5.34. The van der Waals surface area contributed by atoms with Crippen molar-refractivity contribution in [3.63, 3.8) is 0 Å². The summed E-state index contributed by atoms with van der Waals surface area (Å²) in [6.45, 7) is 5.80. The van der Waals surface area contributed by atoms with E-state index < -0.39 is 6.10 Å². The van der Waals surface area contributed by atoms with Gasteiger partial charge in [0.15, 0.2) is 0 Å². The summed E-state index contributed by atoms with van der Waals surface area (Å²) in [4.78, 5) is 0. The molecule has 13 heavy (non-hydrogen) atoms. The first-order chi connectivity index (χ1) is 5.93. The second-order valence-electron chi connectivity index (χ2n) is 4.33. The van der Waals surface area contributed by atoms with Crippen LogP contribution in [0, 0.1) is 5.41 Å². The maximum atomic E-state index is 9.88. The van der Waals surface area contributed by atoms with E-state index in [0.717, 1.165) is 0 Å².